The van der Waals surface area contributed by atoms with E-state index in [-0.39, 0.29) is 17.9 Å². The lowest BCUT2D eigenvalue weighted by Gasteiger charge is -2.25. The predicted molar refractivity (Wildman–Crippen MR) is 81.8 cm³/mol. The van der Waals surface area contributed by atoms with Gasteiger partial charge in [-0.05, 0) is 32.2 Å². The Morgan fingerprint density at radius 3 is 2.81 bits per heavy atom. The van der Waals surface area contributed by atoms with Crippen LogP contribution in [0.1, 0.15) is 25.7 Å². The average molecular weight is 293 g/mol. The molecule has 2 heterocycles. The van der Waals surface area contributed by atoms with Gasteiger partial charge in [-0.1, -0.05) is 12.2 Å². The SMILES string of the molecule is NC1C=CC(C(=O)N2CCCN(CC3CCCO3)CC2)C1. The molecule has 2 aliphatic heterocycles. The van der Waals surface area contributed by atoms with Crippen LogP contribution in [-0.2, 0) is 9.53 Å². The smallest absolute Gasteiger partial charge is 0.229 e. The molecule has 0 saturated carbocycles. The number of carbonyl (C=O) groups is 1. The van der Waals surface area contributed by atoms with Gasteiger partial charge in [0, 0.05) is 38.8 Å². The maximum absolute atomic E-state index is 12.5. The largest absolute Gasteiger partial charge is 0.377 e. The van der Waals surface area contributed by atoms with E-state index < -0.39 is 0 Å². The third-order valence-electron chi connectivity index (χ3n) is 4.82. The van der Waals surface area contributed by atoms with E-state index in [2.05, 4.69) is 4.90 Å². The summed E-state index contributed by atoms with van der Waals surface area (Å²) >= 11 is 0. The molecule has 0 radical (unpaired) electrons. The first-order chi connectivity index (χ1) is 10.2. The molecule has 21 heavy (non-hydrogen) atoms. The summed E-state index contributed by atoms with van der Waals surface area (Å²) in [7, 11) is 0. The highest BCUT2D eigenvalue weighted by Crippen LogP contribution is 2.20. The number of nitrogens with two attached hydrogens (primary N) is 1. The fourth-order valence-electron chi connectivity index (χ4n) is 3.60. The molecule has 2 saturated heterocycles. The van der Waals surface area contributed by atoms with Crippen LogP contribution in [0.4, 0.5) is 0 Å². The molecule has 3 rings (SSSR count). The zero-order chi connectivity index (χ0) is 14.7. The first-order valence-electron chi connectivity index (χ1n) is 8.29. The van der Waals surface area contributed by atoms with Crippen molar-refractivity contribution in [3.05, 3.63) is 12.2 Å². The summed E-state index contributed by atoms with van der Waals surface area (Å²) in [4.78, 5) is 17.0. The van der Waals surface area contributed by atoms with Crippen molar-refractivity contribution >= 4 is 5.91 Å². The lowest BCUT2D eigenvalue weighted by Crippen LogP contribution is -2.39. The second-order valence-corrected chi connectivity index (χ2v) is 6.51. The zero-order valence-electron chi connectivity index (χ0n) is 12.7. The molecule has 5 nitrogen and oxygen atoms in total. The van der Waals surface area contributed by atoms with Gasteiger partial charge in [0.2, 0.25) is 5.91 Å². The quantitative estimate of drug-likeness (QED) is 0.774. The summed E-state index contributed by atoms with van der Waals surface area (Å²) in [5.74, 6) is 0.267. The Labute approximate surface area is 127 Å². The van der Waals surface area contributed by atoms with Crippen LogP contribution in [0.15, 0.2) is 12.2 Å². The number of hydrogen-bond acceptors (Lipinski definition) is 4. The van der Waals surface area contributed by atoms with Crippen molar-refractivity contribution in [2.45, 2.75) is 37.8 Å². The molecule has 5 heteroatoms. The minimum Gasteiger partial charge on any atom is -0.377 e. The molecule has 3 aliphatic rings. The van der Waals surface area contributed by atoms with Crippen molar-refractivity contribution < 1.29 is 9.53 Å². The molecule has 2 N–H and O–H groups in total. The van der Waals surface area contributed by atoms with Crippen LogP contribution in [0.25, 0.3) is 0 Å². The molecule has 0 bridgehead atoms. The van der Waals surface area contributed by atoms with Gasteiger partial charge in [0.25, 0.3) is 0 Å². The van der Waals surface area contributed by atoms with E-state index in [4.69, 9.17) is 10.5 Å². The predicted octanol–water partition coefficient (Wildman–Crippen LogP) is 0.603. The number of ether oxygens (including phenoxy) is 1. The Kier molecular flexibility index (Phi) is 4.93. The van der Waals surface area contributed by atoms with Crippen molar-refractivity contribution in [3.63, 3.8) is 0 Å². The molecule has 3 unspecified atom stereocenters. The van der Waals surface area contributed by atoms with E-state index in [1.54, 1.807) is 0 Å². The first kappa shape index (κ1) is 15.0. The number of carbonyl (C=O) groups excluding carboxylic acids is 1. The van der Waals surface area contributed by atoms with Crippen LogP contribution in [0.2, 0.25) is 0 Å². The second-order valence-electron chi connectivity index (χ2n) is 6.51. The summed E-state index contributed by atoms with van der Waals surface area (Å²) in [5.41, 5.74) is 5.86. The van der Waals surface area contributed by atoms with E-state index in [0.29, 0.717) is 6.10 Å². The van der Waals surface area contributed by atoms with E-state index in [1.807, 2.05) is 17.1 Å². The van der Waals surface area contributed by atoms with Gasteiger partial charge in [-0.3, -0.25) is 9.69 Å². The molecule has 0 aromatic carbocycles. The van der Waals surface area contributed by atoms with Gasteiger partial charge in [-0.2, -0.15) is 0 Å². The molecule has 1 aliphatic carbocycles. The normalized spacial score (nSPS) is 34.3. The Hall–Kier alpha value is -0.910. The highest BCUT2D eigenvalue weighted by Gasteiger charge is 2.29. The van der Waals surface area contributed by atoms with Crippen LogP contribution < -0.4 is 5.73 Å². The molecule has 0 spiro atoms. The van der Waals surface area contributed by atoms with Crippen LogP contribution >= 0.6 is 0 Å². The van der Waals surface area contributed by atoms with Crippen molar-refractivity contribution in [2.24, 2.45) is 11.7 Å². The number of hydrogen-bond donors (Lipinski definition) is 1. The Balaban J connectivity index is 1.48. The monoisotopic (exact) mass is 293 g/mol. The minimum atomic E-state index is 0.00437. The zero-order valence-corrected chi connectivity index (χ0v) is 12.7. The van der Waals surface area contributed by atoms with Crippen LogP contribution in [0.5, 0.6) is 0 Å². The third kappa shape index (κ3) is 3.84. The molecular weight excluding hydrogens is 266 g/mol. The van der Waals surface area contributed by atoms with Gasteiger partial charge >= 0.3 is 0 Å². The van der Waals surface area contributed by atoms with Gasteiger partial charge < -0.3 is 15.4 Å². The minimum absolute atomic E-state index is 0.00437. The average Bonchev–Trinajstić information content (AvgIpc) is 3.07. The molecule has 118 valence electrons. The Morgan fingerprint density at radius 1 is 1.19 bits per heavy atom. The lowest BCUT2D eigenvalue weighted by atomic mass is 10.1. The Bertz CT molecular complexity index is 393. The van der Waals surface area contributed by atoms with Gasteiger partial charge in [0.05, 0.1) is 12.0 Å². The summed E-state index contributed by atoms with van der Waals surface area (Å²) in [6, 6.07) is 0.0574. The molecule has 0 aromatic heterocycles. The number of amides is 1. The highest BCUT2D eigenvalue weighted by atomic mass is 16.5. The standard InChI is InChI=1S/C16H27N3O2/c17-14-5-4-13(11-14)16(20)19-7-2-6-18(8-9-19)12-15-3-1-10-21-15/h4-5,13-15H,1-3,6-12,17H2. The van der Waals surface area contributed by atoms with E-state index >= 15 is 0 Å². The van der Waals surface area contributed by atoms with Crippen molar-refractivity contribution in [1.82, 2.24) is 9.80 Å². The number of nitrogens with zero attached hydrogens (tertiary/aromatic N) is 2. The highest BCUT2D eigenvalue weighted by molar-refractivity contribution is 5.81. The second kappa shape index (κ2) is 6.90. The number of rotatable bonds is 3. The molecule has 3 atom stereocenters. The van der Waals surface area contributed by atoms with Crippen molar-refractivity contribution in [2.75, 3.05) is 39.3 Å². The molecular formula is C16H27N3O2. The molecule has 1 amide bonds. The fourth-order valence-corrected chi connectivity index (χ4v) is 3.60. The first-order valence-corrected chi connectivity index (χ1v) is 8.29. The maximum atomic E-state index is 12.5. The topological polar surface area (TPSA) is 58.8 Å². The van der Waals surface area contributed by atoms with E-state index in [1.165, 1.54) is 12.8 Å². The van der Waals surface area contributed by atoms with Crippen LogP contribution in [-0.4, -0.2) is 67.2 Å². The summed E-state index contributed by atoms with van der Waals surface area (Å²) in [6.45, 7) is 5.69. The summed E-state index contributed by atoms with van der Waals surface area (Å²) in [6.07, 6.45) is 8.56. The van der Waals surface area contributed by atoms with Crippen LogP contribution in [0, 0.1) is 5.92 Å². The van der Waals surface area contributed by atoms with Gasteiger partial charge in [0.1, 0.15) is 0 Å². The summed E-state index contributed by atoms with van der Waals surface area (Å²) in [5, 5.41) is 0. The van der Waals surface area contributed by atoms with E-state index in [9.17, 15) is 4.79 Å². The van der Waals surface area contributed by atoms with Gasteiger partial charge in [0.15, 0.2) is 0 Å². The lowest BCUT2D eigenvalue weighted by molar-refractivity contribution is -0.133. The van der Waals surface area contributed by atoms with Gasteiger partial charge in [-0.15, -0.1) is 0 Å². The van der Waals surface area contributed by atoms with Crippen LogP contribution in [0.3, 0.4) is 0 Å². The third-order valence-corrected chi connectivity index (χ3v) is 4.82. The van der Waals surface area contributed by atoms with Crippen molar-refractivity contribution in [3.8, 4) is 0 Å². The maximum Gasteiger partial charge on any atom is 0.229 e. The molecule has 2 fully saturated rings. The fraction of sp³-hybridized carbons (Fsp3) is 0.812. The summed E-state index contributed by atoms with van der Waals surface area (Å²) < 4.78 is 5.72. The van der Waals surface area contributed by atoms with E-state index in [0.717, 1.165) is 52.2 Å². The Morgan fingerprint density at radius 2 is 2.10 bits per heavy atom. The molecule has 0 aromatic rings. The van der Waals surface area contributed by atoms with Gasteiger partial charge in [-0.25, -0.2) is 0 Å². The van der Waals surface area contributed by atoms with Crippen molar-refractivity contribution in [1.29, 1.82) is 0 Å².